The molecular weight excluding hydrogens is 326 g/mol. The van der Waals surface area contributed by atoms with Crippen molar-refractivity contribution in [3.8, 4) is 0 Å². The first-order chi connectivity index (χ1) is 9.14. The topological polar surface area (TPSA) is 113 Å². The lowest BCUT2D eigenvalue weighted by Crippen LogP contribution is -2.45. The Hall–Kier alpha value is -0.850. The molecule has 3 saturated heterocycles. The van der Waals surface area contributed by atoms with Gasteiger partial charge in [-0.25, -0.2) is 13.2 Å². The number of fused-ring (bicyclic) bond motifs is 1. The van der Waals surface area contributed by atoms with Gasteiger partial charge >= 0.3 is 11.2 Å². The van der Waals surface area contributed by atoms with Crippen LogP contribution in [0.4, 0.5) is 8.78 Å². The monoisotopic (exact) mass is 334 g/mol. The number of alkyl halides is 2. The summed E-state index contributed by atoms with van der Waals surface area (Å²) in [7, 11) is -8.22. The molecule has 20 heavy (non-hydrogen) atoms. The quantitative estimate of drug-likeness (QED) is 0.372. The largest absolute Gasteiger partial charge is 0.451 e. The van der Waals surface area contributed by atoms with Crippen LogP contribution in [0.25, 0.3) is 0 Å². The van der Waals surface area contributed by atoms with E-state index in [0.717, 1.165) is 0 Å². The highest BCUT2D eigenvalue weighted by atomic mass is 32.2. The van der Waals surface area contributed by atoms with Gasteiger partial charge < -0.3 is 9.47 Å². The number of thiol groups is 1. The predicted octanol–water partition coefficient (Wildman–Crippen LogP) is -1.63. The minimum absolute atomic E-state index is 0.0451. The Labute approximate surface area is 113 Å². The van der Waals surface area contributed by atoms with Gasteiger partial charge in [-0.05, 0) is 6.42 Å². The molecular formula is C8H8F2O8S2. The molecule has 0 aromatic rings. The van der Waals surface area contributed by atoms with Crippen LogP contribution in [0, 0.1) is 0 Å². The lowest BCUT2D eigenvalue weighted by atomic mass is 9.94. The molecule has 3 rings (SSSR count). The number of hydrogen-bond acceptors (Lipinski definition) is 8. The maximum Gasteiger partial charge on any atom is 0.437 e. The van der Waals surface area contributed by atoms with Crippen molar-refractivity contribution in [1.29, 1.82) is 0 Å². The summed E-state index contributed by atoms with van der Waals surface area (Å²) in [6.07, 6.45) is -4.37. The second kappa shape index (κ2) is 4.08. The van der Waals surface area contributed by atoms with Crippen LogP contribution in [0.2, 0.25) is 0 Å². The zero-order chi connectivity index (χ0) is 14.9. The van der Waals surface area contributed by atoms with E-state index in [-0.39, 0.29) is 6.42 Å². The van der Waals surface area contributed by atoms with E-state index >= 15 is 0 Å². The highest BCUT2D eigenvalue weighted by Gasteiger charge is 2.67. The molecule has 2 bridgehead atoms. The molecule has 3 aliphatic heterocycles. The fourth-order valence-electron chi connectivity index (χ4n) is 2.64. The third-order valence-electron chi connectivity index (χ3n) is 3.51. The van der Waals surface area contributed by atoms with Gasteiger partial charge in [-0.3, -0.25) is 4.18 Å². The van der Waals surface area contributed by atoms with Crippen LogP contribution < -0.4 is 0 Å². The number of hydrogen-bond donors (Lipinski definition) is 1. The molecule has 114 valence electrons. The Balaban J connectivity index is 1.80. The predicted molar refractivity (Wildman–Crippen MR) is 56.0 cm³/mol. The van der Waals surface area contributed by atoms with Gasteiger partial charge in [0.25, 0.3) is 10.1 Å². The second-order valence-corrected chi connectivity index (χ2v) is 7.49. The van der Waals surface area contributed by atoms with E-state index in [1.165, 1.54) is 0 Å². The Morgan fingerprint density at radius 1 is 1.30 bits per heavy atom. The van der Waals surface area contributed by atoms with Gasteiger partial charge in [-0.1, -0.05) is 0 Å². The van der Waals surface area contributed by atoms with Crippen molar-refractivity contribution < 1.29 is 44.1 Å². The average molecular weight is 334 g/mol. The van der Waals surface area contributed by atoms with E-state index in [0.29, 0.717) is 0 Å². The number of rotatable bonds is 3. The average Bonchev–Trinajstić information content (AvgIpc) is 2.92. The minimum atomic E-state index is -4.67. The van der Waals surface area contributed by atoms with Crippen LogP contribution in [0.5, 0.6) is 0 Å². The Morgan fingerprint density at radius 3 is 2.55 bits per heavy atom. The van der Waals surface area contributed by atoms with Crippen LogP contribution in [-0.4, -0.2) is 57.7 Å². The number of carbonyl (C=O) groups excluding carboxylic acids is 1. The summed E-state index contributed by atoms with van der Waals surface area (Å²) in [5, 5.41) is -5.57. The van der Waals surface area contributed by atoms with Crippen molar-refractivity contribution in [2.24, 2.45) is 0 Å². The number of esters is 1. The number of halogens is 2. The lowest BCUT2D eigenvalue weighted by molar-refractivity contribution is -0.171. The standard InChI is InChI=1S/C8H8F2O8S2/c9-8(10,19(12)13)7(11)17-4-2-1-3-5(16-2)6(4)18-20(3,14)15/h2-6,19H,1H2. The molecule has 5 unspecified atom stereocenters. The zero-order valence-corrected chi connectivity index (χ0v) is 11.2. The van der Waals surface area contributed by atoms with Crippen molar-refractivity contribution >= 4 is 26.8 Å². The Kier molecular flexibility index (Phi) is 2.88. The molecule has 0 aromatic heterocycles. The van der Waals surface area contributed by atoms with Crippen LogP contribution in [0.3, 0.4) is 0 Å². The summed E-state index contributed by atoms with van der Waals surface area (Å²) >= 11 is 0. The molecule has 3 aliphatic rings. The van der Waals surface area contributed by atoms with Crippen molar-refractivity contribution in [2.75, 3.05) is 0 Å². The molecule has 0 aromatic carbocycles. The van der Waals surface area contributed by atoms with E-state index < -0.39 is 61.7 Å². The van der Waals surface area contributed by atoms with Gasteiger partial charge in [0.05, 0.1) is 6.10 Å². The molecule has 8 nitrogen and oxygen atoms in total. The van der Waals surface area contributed by atoms with Crippen LogP contribution in [0.1, 0.15) is 6.42 Å². The first kappa shape index (κ1) is 14.1. The molecule has 0 spiro atoms. The number of ether oxygens (including phenoxy) is 2. The first-order valence-corrected chi connectivity index (χ1v) is 8.10. The van der Waals surface area contributed by atoms with Crippen LogP contribution in [0.15, 0.2) is 0 Å². The third-order valence-corrected chi connectivity index (χ3v) is 5.84. The van der Waals surface area contributed by atoms with Gasteiger partial charge in [0.2, 0.25) is 10.7 Å². The smallest absolute Gasteiger partial charge is 0.437 e. The summed E-state index contributed by atoms with van der Waals surface area (Å²) in [5.41, 5.74) is 0. The lowest BCUT2D eigenvalue weighted by Gasteiger charge is -2.22. The molecule has 0 N–H and O–H groups in total. The molecule has 3 fully saturated rings. The maximum atomic E-state index is 13.0. The fraction of sp³-hybridized carbons (Fsp3) is 0.875. The van der Waals surface area contributed by atoms with E-state index in [2.05, 4.69) is 8.92 Å². The third kappa shape index (κ3) is 1.78. The summed E-state index contributed by atoms with van der Waals surface area (Å²) in [6, 6.07) is 0. The highest BCUT2D eigenvalue weighted by Crippen LogP contribution is 2.48. The number of carbonyl (C=O) groups is 1. The highest BCUT2D eigenvalue weighted by molar-refractivity contribution is 7.87. The maximum absolute atomic E-state index is 13.0. The van der Waals surface area contributed by atoms with E-state index in [4.69, 9.17) is 4.74 Å². The summed E-state index contributed by atoms with van der Waals surface area (Å²) in [4.78, 5) is 11.2. The minimum Gasteiger partial charge on any atom is -0.451 e. The molecule has 0 radical (unpaired) electrons. The van der Waals surface area contributed by atoms with Gasteiger partial charge in [0.1, 0.15) is 17.5 Å². The SMILES string of the molecule is O=C(OC1C2CC3C(O2)C1OS3(=O)=O)C(F)(F)[SH](=O)=O. The normalized spacial score (nSPS) is 41.2. The zero-order valence-electron chi connectivity index (χ0n) is 9.47. The van der Waals surface area contributed by atoms with E-state index in [1.807, 2.05) is 0 Å². The van der Waals surface area contributed by atoms with Crippen molar-refractivity contribution in [3.05, 3.63) is 0 Å². The van der Waals surface area contributed by atoms with Gasteiger partial charge in [0.15, 0.2) is 6.10 Å². The van der Waals surface area contributed by atoms with Crippen LogP contribution >= 0.6 is 0 Å². The second-order valence-electron chi connectivity index (χ2n) is 4.64. The molecule has 12 heteroatoms. The van der Waals surface area contributed by atoms with Crippen molar-refractivity contribution in [3.63, 3.8) is 0 Å². The van der Waals surface area contributed by atoms with Crippen molar-refractivity contribution in [1.82, 2.24) is 0 Å². The van der Waals surface area contributed by atoms with Gasteiger partial charge in [0, 0.05) is 0 Å². The first-order valence-electron chi connectivity index (χ1n) is 5.45. The summed E-state index contributed by atoms with van der Waals surface area (Å²) < 4.78 is 83.8. The molecule has 5 atom stereocenters. The molecule has 0 amide bonds. The van der Waals surface area contributed by atoms with Crippen LogP contribution in [-0.2, 0) is 39.3 Å². The Bertz CT molecular complexity index is 633. The van der Waals surface area contributed by atoms with Gasteiger partial charge in [-0.2, -0.15) is 17.2 Å². The van der Waals surface area contributed by atoms with E-state index in [1.54, 1.807) is 0 Å². The Morgan fingerprint density at radius 2 is 1.95 bits per heavy atom. The summed E-state index contributed by atoms with van der Waals surface area (Å²) in [6.45, 7) is 0. The fourth-order valence-corrected chi connectivity index (χ4v) is 4.48. The molecule has 0 saturated carbocycles. The van der Waals surface area contributed by atoms with E-state index in [9.17, 15) is 30.4 Å². The van der Waals surface area contributed by atoms with Crippen molar-refractivity contribution in [2.45, 2.75) is 41.3 Å². The molecule has 3 heterocycles. The molecule has 0 aliphatic carbocycles. The van der Waals surface area contributed by atoms with Gasteiger partial charge in [-0.15, -0.1) is 0 Å². The summed E-state index contributed by atoms with van der Waals surface area (Å²) in [5.74, 6) is -2.26.